The molecule has 3 nitrogen and oxygen atoms in total. The van der Waals surface area contributed by atoms with Gasteiger partial charge in [0.25, 0.3) is 0 Å². The zero-order valence-corrected chi connectivity index (χ0v) is 13.8. The molecule has 116 valence electrons. The number of rotatable bonds is 5. The Bertz CT molecular complexity index is 479. The van der Waals surface area contributed by atoms with Crippen LogP contribution in [0, 0.1) is 0 Å². The molecule has 1 aliphatic heterocycles. The van der Waals surface area contributed by atoms with E-state index < -0.39 is 10.8 Å². The van der Waals surface area contributed by atoms with Crippen LogP contribution in [0.1, 0.15) is 44.1 Å². The average Bonchev–Trinajstić information content (AvgIpc) is 2.53. The molecule has 1 aliphatic rings. The Morgan fingerprint density at radius 1 is 1.29 bits per heavy atom. The molecule has 1 saturated heterocycles. The van der Waals surface area contributed by atoms with E-state index in [0.29, 0.717) is 12.3 Å². The van der Waals surface area contributed by atoms with Gasteiger partial charge in [-0.1, -0.05) is 37.3 Å². The molecule has 1 amide bonds. The number of hydrogen-bond donors (Lipinski definition) is 0. The van der Waals surface area contributed by atoms with Crippen LogP contribution >= 0.6 is 0 Å². The number of benzene rings is 1. The molecule has 0 saturated carbocycles. The molecule has 0 spiro atoms. The van der Waals surface area contributed by atoms with Crippen LogP contribution in [0.25, 0.3) is 0 Å². The Kier molecular flexibility index (Phi) is 5.97. The number of nitrogens with zero attached hydrogens (tertiary/aromatic N) is 1. The summed E-state index contributed by atoms with van der Waals surface area (Å²) in [5.74, 6) is 1.97. The van der Waals surface area contributed by atoms with Gasteiger partial charge in [0.1, 0.15) is 0 Å². The second-order valence-corrected chi connectivity index (χ2v) is 7.50. The Hall–Kier alpha value is -1.16. The average molecular weight is 307 g/mol. The van der Waals surface area contributed by atoms with Crippen LogP contribution in [0.4, 0.5) is 0 Å². The fourth-order valence-electron chi connectivity index (χ4n) is 2.95. The Morgan fingerprint density at radius 3 is 2.48 bits per heavy atom. The molecule has 0 unspecified atom stereocenters. The van der Waals surface area contributed by atoms with Crippen molar-refractivity contribution in [2.45, 2.75) is 44.6 Å². The first kappa shape index (κ1) is 16.2. The van der Waals surface area contributed by atoms with Crippen LogP contribution < -0.4 is 0 Å². The Morgan fingerprint density at radius 2 is 1.90 bits per heavy atom. The summed E-state index contributed by atoms with van der Waals surface area (Å²) in [6.45, 7) is 2.13. The number of carbonyl (C=O) groups excluding carboxylic acids is 1. The van der Waals surface area contributed by atoms with Gasteiger partial charge < -0.3 is 4.90 Å². The summed E-state index contributed by atoms with van der Waals surface area (Å²) >= 11 is 0. The van der Waals surface area contributed by atoms with Crippen molar-refractivity contribution < 1.29 is 9.00 Å². The van der Waals surface area contributed by atoms with Crippen molar-refractivity contribution in [3.63, 3.8) is 0 Å². The minimum Gasteiger partial charge on any atom is -0.343 e. The van der Waals surface area contributed by atoms with E-state index in [0.717, 1.165) is 30.8 Å². The smallest absolute Gasteiger partial charge is 0.223 e. The molecule has 0 N–H and O–H groups in total. The minimum atomic E-state index is -0.671. The van der Waals surface area contributed by atoms with Crippen molar-refractivity contribution in [2.75, 3.05) is 18.6 Å². The lowest BCUT2D eigenvalue weighted by molar-refractivity contribution is -0.132. The van der Waals surface area contributed by atoms with Crippen molar-refractivity contribution in [3.05, 3.63) is 35.9 Å². The molecule has 1 aromatic rings. The molecule has 1 fully saturated rings. The zero-order valence-electron chi connectivity index (χ0n) is 13.0. The lowest BCUT2D eigenvalue weighted by atomic mass is 9.92. The van der Waals surface area contributed by atoms with Gasteiger partial charge in [-0.15, -0.1) is 0 Å². The molecule has 1 heterocycles. The van der Waals surface area contributed by atoms with E-state index in [-0.39, 0.29) is 11.9 Å². The number of hydrogen-bond acceptors (Lipinski definition) is 2. The summed E-state index contributed by atoms with van der Waals surface area (Å²) in [6, 6.07) is 10.5. The van der Waals surface area contributed by atoms with E-state index >= 15 is 0 Å². The second-order valence-electron chi connectivity index (χ2n) is 5.80. The van der Waals surface area contributed by atoms with E-state index in [1.54, 1.807) is 0 Å². The van der Waals surface area contributed by atoms with E-state index in [1.807, 2.05) is 30.1 Å². The summed E-state index contributed by atoms with van der Waals surface area (Å²) in [6.07, 6.45) is 3.28. The molecule has 4 heteroatoms. The first-order chi connectivity index (χ1) is 10.1. The van der Waals surface area contributed by atoms with Gasteiger partial charge in [0.05, 0.1) is 0 Å². The van der Waals surface area contributed by atoms with E-state index in [9.17, 15) is 9.00 Å². The maximum atomic E-state index is 12.5. The van der Waals surface area contributed by atoms with Crippen molar-refractivity contribution in [3.8, 4) is 0 Å². The molecule has 21 heavy (non-hydrogen) atoms. The molecule has 0 radical (unpaired) electrons. The number of carbonyl (C=O) groups is 1. The van der Waals surface area contributed by atoms with Gasteiger partial charge in [-0.05, 0) is 30.7 Å². The topological polar surface area (TPSA) is 37.4 Å². The summed E-state index contributed by atoms with van der Waals surface area (Å²) < 4.78 is 11.4. The molecular formula is C17H25NO2S. The third-order valence-electron chi connectivity index (χ3n) is 4.48. The Balaban J connectivity index is 1.94. The normalized spacial score (nSPS) is 23.5. The molecular weight excluding hydrogens is 282 g/mol. The third kappa shape index (κ3) is 4.40. The first-order valence-electron chi connectivity index (χ1n) is 7.77. The second kappa shape index (κ2) is 7.74. The predicted octanol–water partition coefficient (Wildman–Crippen LogP) is 2.94. The molecule has 2 rings (SSSR count). The van der Waals surface area contributed by atoms with Crippen LogP contribution in [-0.4, -0.2) is 39.6 Å². The highest BCUT2D eigenvalue weighted by Crippen LogP contribution is 2.25. The van der Waals surface area contributed by atoms with Crippen LogP contribution in [0.3, 0.4) is 0 Å². The highest BCUT2D eigenvalue weighted by molar-refractivity contribution is 7.85. The van der Waals surface area contributed by atoms with Gasteiger partial charge >= 0.3 is 0 Å². The zero-order chi connectivity index (χ0) is 15.2. The van der Waals surface area contributed by atoms with E-state index in [2.05, 4.69) is 19.1 Å². The molecule has 0 aromatic heterocycles. The van der Waals surface area contributed by atoms with Crippen LogP contribution in [0.5, 0.6) is 0 Å². The van der Waals surface area contributed by atoms with Crippen molar-refractivity contribution in [2.24, 2.45) is 0 Å². The maximum absolute atomic E-state index is 12.5. The SMILES string of the molecule is CC[C@H](CC(=O)N(C)C1CCS(=O)CC1)c1ccccc1. The van der Waals surface area contributed by atoms with Gasteiger partial charge in [0.2, 0.25) is 5.91 Å². The summed E-state index contributed by atoms with van der Waals surface area (Å²) in [5.41, 5.74) is 1.24. The highest BCUT2D eigenvalue weighted by Gasteiger charge is 2.26. The quantitative estimate of drug-likeness (QED) is 0.839. The molecule has 1 atom stereocenters. The largest absolute Gasteiger partial charge is 0.343 e. The molecule has 0 aliphatic carbocycles. The summed E-state index contributed by atoms with van der Waals surface area (Å²) in [7, 11) is 1.23. The van der Waals surface area contributed by atoms with Crippen LogP contribution in [0.15, 0.2) is 30.3 Å². The standard InChI is InChI=1S/C17H25NO2S/c1-3-14(15-7-5-4-6-8-15)13-17(19)18(2)16-9-11-21(20)12-10-16/h4-8,14,16H,3,9-13H2,1-2H3/t14-,16?,21?/m1/s1. The lowest BCUT2D eigenvalue weighted by Crippen LogP contribution is -2.41. The molecule has 0 bridgehead atoms. The van der Waals surface area contributed by atoms with Crippen molar-refractivity contribution >= 4 is 16.7 Å². The van der Waals surface area contributed by atoms with Gasteiger partial charge in [-0.3, -0.25) is 9.00 Å². The molecule has 1 aromatic carbocycles. The minimum absolute atomic E-state index is 0.211. The predicted molar refractivity (Wildman–Crippen MR) is 87.8 cm³/mol. The first-order valence-corrected chi connectivity index (χ1v) is 9.26. The maximum Gasteiger partial charge on any atom is 0.223 e. The van der Waals surface area contributed by atoms with E-state index in [4.69, 9.17) is 0 Å². The van der Waals surface area contributed by atoms with Crippen molar-refractivity contribution in [1.82, 2.24) is 4.90 Å². The van der Waals surface area contributed by atoms with E-state index in [1.165, 1.54) is 5.56 Å². The Labute approximate surface area is 130 Å². The number of amides is 1. The lowest BCUT2D eigenvalue weighted by Gasteiger charge is -2.32. The fraction of sp³-hybridized carbons (Fsp3) is 0.588. The summed E-state index contributed by atoms with van der Waals surface area (Å²) in [5, 5.41) is 0. The van der Waals surface area contributed by atoms with Gasteiger partial charge in [0, 0.05) is 41.8 Å². The third-order valence-corrected chi connectivity index (χ3v) is 5.87. The van der Waals surface area contributed by atoms with Crippen molar-refractivity contribution in [1.29, 1.82) is 0 Å². The van der Waals surface area contributed by atoms with Gasteiger partial charge in [-0.25, -0.2) is 0 Å². The summed E-state index contributed by atoms with van der Waals surface area (Å²) in [4.78, 5) is 14.4. The monoisotopic (exact) mass is 307 g/mol. The van der Waals surface area contributed by atoms with Crippen LogP contribution in [-0.2, 0) is 15.6 Å². The highest BCUT2D eigenvalue weighted by atomic mass is 32.2. The fourth-order valence-corrected chi connectivity index (χ4v) is 4.22. The van der Waals surface area contributed by atoms with Gasteiger partial charge in [0.15, 0.2) is 0 Å². The van der Waals surface area contributed by atoms with Gasteiger partial charge in [-0.2, -0.15) is 0 Å². The van der Waals surface area contributed by atoms with Crippen LogP contribution in [0.2, 0.25) is 0 Å².